The number of pyridine rings is 1. The molecule has 0 saturated heterocycles. The summed E-state index contributed by atoms with van der Waals surface area (Å²) in [6.45, 7) is 9.03. The molecule has 0 unspecified atom stereocenters. The van der Waals surface area contributed by atoms with Crippen molar-refractivity contribution in [1.29, 1.82) is 0 Å². The predicted molar refractivity (Wildman–Crippen MR) is 76.7 cm³/mol. The molecule has 102 valence electrons. The maximum Gasteiger partial charge on any atom is 0.0888 e. The zero-order chi connectivity index (χ0) is 13.2. The van der Waals surface area contributed by atoms with Gasteiger partial charge in [0.15, 0.2) is 0 Å². The molecular weight excluding hydrogens is 224 g/mol. The van der Waals surface area contributed by atoms with Crippen LogP contribution < -0.4 is 5.32 Å². The van der Waals surface area contributed by atoms with Gasteiger partial charge in [0.25, 0.3) is 0 Å². The summed E-state index contributed by atoms with van der Waals surface area (Å²) in [6, 6.07) is 4.07. The van der Waals surface area contributed by atoms with Gasteiger partial charge in [0, 0.05) is 25.0 Å². The van der Waals surface area contributed by atoms with Gasteiger partial charge in [0.2, 0.25) is 0 Å². The monoisotopic (exact) mass is 250 g/mol. The molecule has 1 rings (SSSR count). The first-order valence-corrected chi connectivity index (χ1v) is 7.06. The maximum atomic E-state index is 5.73. The molecule has 1 aromatic heterocycles. The average molecular weight is 250 g/mol. The van der Waals surface area contributed by atoms with Gasteiger partial charge in [-0.15, -0.1) is 0 Å². The quantitative estimate of drug-likeness (QED) is 0.722. The Balaban J connectivity index is 2.37. The van der Waals surface area contributed by atoms with E-state index in [0.717, 1.165) is 31.0 Å². The number of hydrogen-bond donors (Lipinski definition) is 1. The molecule has 0 fully saturated rings. The van der Waals surface area contributed by atoms with E-state index in [1.54, 1.807) is 0 Å². The zero-order valence-corrected chi connectivity index (χ0v) is 11.9. The lowest BCUT2D eigenvalue weighted by molar-refractivity contribution is 0.0823. The second kappa shape index (κ2) is 8.92. The van der Waals surface area contributed by atoms with Crippen LogP contribution in [0.25, 0.3) is 0 Å². The molecule has 0 aliphatic carbocycles. The van der Waals surface area contributed by atoms with Crippen LogP contribution in [0.4, 0.5) is 5.69 Å². The molecule has 1 aromatic rings. The highest BCUT2D eigenvalue weighted by atomic mass is 16.5. The second-order valence-corrected chi connectivity index (χ2v) is 4.66. The summed E-state index contributed by atoms with van der Waals surface area (Å²) in [7, 11) is 0. The lowest BCUT2D eigenvalue weighted by Gasteiger charge is -2.12. The average Bonchev–Trinajstić information content (AvgIpc) is 2.42. The largest absolute Gasteiger partial charge is 0.385 e. The molecule has 0 aliphatic heterocycles. The van der Waals surface area contributed by atoms with Gasteiger partial charge in [0.1, 0.15) is 0 Å². The lowest BCUT2D eigenvalue weighted by Crippen LogP contribution is -2.08. The predicted octanol–water partition coefficient (Wildman–Crippen LogP) is 3.86. The van der Waals surface area contributed by atoms with Gasteiger partial charge in [-0.1, -0.05) is 33.6 Å². The second-order valence-electron chi connectivity index (χ2n) is 4.66. The molecule has 1 N–H and O–H groups in total. The molecule has 0 radical (unpaired) electrons. The van der Waals surface area contributed by atoms with Crippen molar-refractivity contribution in [2.45, 2.75) is 46.6 Å². The third-order valence-corrected chi connectivity index (χ3v) is 3.15. The number of nitrogens with zero attached hydrogens (tertiary/aromatic N) is 1. The van der Waals surface area contributed by atoms with Crippen molar-refractivity contribution in [3.05, 3.63) is 24.0 Å². The highest BCUT2D eigenvalue weighted by molar-refractivity contribution is 5.42. The van der Waals surface area contributed by atoms with Crippen LogP contribution in [-0.4, -0.2) is 18.1 Å². The molecular formula is C15H26N2O. The van der Waals surface area contributed by atoms with Crippen molar-refractivity contribution in [2.24, 2.45) is 5.92 Å². The minimum atomic E-state index is 0.609. The fourth-order valence-corrected chi connectivity index (χ4v) is 1.79. The Bertz CT molecular complexity index is 324. The number of nitrogens with one attached hydrogen (secondary N) is 1. The van der Waals surface area contributed by atoms with Crippen molar-refractivity contribution in [3.8, 4) is 0 Å². The molecule has 3 heteroatoms. The summed E-state index contributed by atoms with van der Waals surface area (Å²) in [4.78, 5) is 4.33. The van der Waals surface area contributed by atoms with E-state index in [2.05, 4.69) is 37.1 Å². The van der Waals surface area contributed by atoms with E-state index in [4.69, 9.17) is 4.74 Å². The molecule has 0 bridgehead atoms. The summed E-state index contributed by atoms with van der Waals surface area (Å²) >= 11 is 0. The van der Waals surface area contributed by atoms with E-state index in [9.17, 15) is 0 Å². The fraction of sp³-hybridized carbons (Fsp3) is 0.667. The number of aromatic nitrogens is 1. The smallest absolute Gasteiger partial charge is 0.0888 e. The van der Waals surface area contributed by atoms with Crippen molar-refractivity contribution in [2.75, 3.05) is 18.5 Å². The third kappa shape index (κ3) is 5.50. The van der Waals surface area contributed by atoms with E-state index >= 15 is 0 Å². The van der Waals surface area contributed by atoms with E-state index in [0.29, 0.717) is 12.5 Å². The molecule has 0 spiro atoms. The Morgan fingerprint density at radius 3 is 2.72 bits per heavy atom. The van der Waals surface area contributed by atoms with Crippen LogP contribution in [0.2, 0.25) is 0 Å². The summed E-state index contributed by atoms with van der Waals surface area (Å²) in [5.74, 6) is 0.673. The molecule has 0 amide bonds. The number of hydrogen-bond acceptors (Lipinski definition) is 3. The van der Waals surface area contributed by atoms with Gasteiger partial charge in [-0.3, -0.25) is 4.98 Å². The van der Waals surface area contributed by atoms with E-state index < -0.39 is 0 Å². The summed E-state index contributed by atoms with van der Waals surface area (Å²) in [5.41, 5.74) is 2.13. The third-order valence-electron chi connectivity index (χ3n) is 3.15. The first-order chi connectivity index (χ1) is 8.80. The first-order valence-electron chi connectivity index (χ1n) is 7.06. The first kappa shape index (κ1) is 15.0. The van der Waals surface area contributed by atoms with Crippen LogP contribution in [-0.2, 0) is 11.3 Å². The Kier molecular flexibility index (Phi) is 7.42. The molecule has 0 aliphatic rings. The summed E-state index contributed by atoms with van der Waals surface area (Å²) in [5, 5.41) is 3.36. The van der Waals surface area contributed by atoms with Gasteiger partial charge in [-0.2, -0.15) is 0 Å². The Labute approximate surface area is 111 Å². The van der Waals surface area contributed by atoms with Crippen LogP contribution in [0, 0.1) is 5.92 Å². The molecule has 0 saturated carbocycles. The number of ether oxygens (including phenoxy) is 1. The molecule has 1 heterocycles. The Morgan fingerprint density at radius 2 is 2.06 bits per heavy atom. The van der Waals surface area contributed by atoms with Crippen molar-refractivity contribution in [1.82, 2.24) is 4.98 Å². The Hall–Kier alpha value is -1.09. The number of anilines is 1. The molecule has 3 nitrogen and oxygen atoms in total. The standard InChI is InChI=1S/C15H26N2O/c1-4-8-16-14-7-9-17-15(10-14)12-18-11-13(5-2)6-3/h7,9-10,13H,4-6,8,11-12H2,1-3H3,(H,16,17). The van der Waals surface area contributed by atoms with Crippen LogP contribution >= 0.6 is 0 Å². The molecule has 0 aromatic carbocycles. The van der Waals surface area contributed by atoms with Crippen LogP contribution in [0.15, 0.2) is 18.3 Å². The van der Waals surface area contributed by atoms with Crippen molar-refractivity contribution < 1.29 is 4.74 Å². The van der Waals surface area contributed by atoms with Crippen LogP contribution in [0.5, 0.6) is 0 Å². The number of rotatable bonds is 9. The zero-order valence-electron chi connectivity index (χ0n) is 11.9. The topological polar surface area (TPSA) is 34.2 Å². The Morgan fingerprint density at radius 1 is 1.28 bits per heavy atom. The highest BCUT2D eigenvalue weighted by Gasteiger charge is 2.04. The molecule has 18 heavy (non-hydrogen) atoms. The van der Waals surface area contributed by atoms with Crippen LogP contribution in [0.3, 0.4) is 0 Å². The fourth-order valence-electron chi connectivity index (χ4n) is 1.79. The molecule has 0 atom stereocenters. The van der Waals surface area contributed by atoms with Gasteiger partial charge in [0.05, 0.1) is 12.3 Å². The summed E-state index contributed by atoms with van der Waals surface area (Å²) < 4.78 is 5.73. The van der Waals surface area contributed by atoms with E-state index in [-0.39, 0.29) is 0 Å². The van der Waals surface area contributed by atoms with Crippen LogP contribution in [0.1, 0.15) is 45.7 Å². The maximum absolute atomic E-state index is 5.73. The lowest BCUT2D eigenvalue weighted by atomic mass is 10.1. The normalized spacial score (nSPS) is 10.9. The highest BCUT2D eigenvalue weighted by Crippen LogP contribution is 2.11. The van der Waals surface area contributed by atoms with Gasteiger partial charge < -0.3 is 10.1 Å². The SMILES string of the molecule is CCCNc1ccnc(COCC(CC)CC)c1. The summed E-state index contributed by atoms with van der Waals surface area (Å²) in [6.07, 6.45) is 5.33. The minimum Gasteiger partial charge on any atom is -0.385 e. The van der Waals surface area contributed by atoms with Crippen molar-refractivity contribution >= 4 is 5.69 Å². The van der Waals surface area contributed by atoms with E-state index in [1.807, 2.05) is 12.3 Å². The van der Waals surface area contributed by atoms with E-state index in [1.165, 1.54) is 12.8 Å². The minimum absolute atomic E-state index is 0.609. The van der Waals surface area contributed by atoms with Crippen molar-refractivity contribution in [3.63, 3.8) is 0 Å². The van der Waals surface area contributed by atoms with Gasteiger partial charge >= 0.3 is 0 Å². The van der Waals surface area contributed by atoms with Gasteiger partial charge in [-0.05, 0) is 24.5 Å². The van der Waals surface area contributed by atoms with Gasteiger partial charge in [-0.25, -0.2) is 0 Å².